The minimum Gasteiger partial charge on any atom is -0.369 e. The molecule has 0 unspecified atom stereocenters. The fourth-order valence-electron chi connectivity index (χ4n) is 3.44. The summed E-state index contributed by atoms with van der Waals surface area (Å²) >= 11 is 1.69. The van der Waals surface area contributed by atoms with Gasteiger partial charge in [-0.1, -0.05) is 18.2 Å². The molecule has 0 spiro atoms. The highest BCUT2D eigenvalue weighted by atomic mass is 32.1. The van der Waals surface area contributed by atoms with Crippen molar-refractivity contribution in [3.63, 3.8) is 0 Å². The van der Waals surface area contributed by atoms with E-state index in [1.807, 2.05) is 6.07 Å². The van der Waals surface area contributed by atoms with Gasteiger partial charge in [-0.2, -0.15) is 5.10 Å². The van der Waals surface area contributed by atoms with Gasteiger partial charge >= 0.3 is 0 Å². The molecule has 0 radical (unpaired) electrons. The van der Waals surface area contributed by atoms with E-state index in [4.69, 9.17) is 4.98 Å². The fourth-order valence-corrected chi connectivity index (χ4v) is 4.14. The van der Waals surface area contributed by atoms with Crippen molar-refractivity contribution in [3.05, 3.63) is 53.9 Å². The van der Waals surface area contributed by atoms with Crippen LogP contribution in [0.5, 0.6) is 0 Å². The normalized spacial score (nSPS) is 14.8. The topological polar surface area (TPSA) is 56.8 Å². The number of rotatable bonds is 3. The summed E-state index contributed by atoms with van der Waals surface area (Å²) in [7, 11) is 0. The van der Waals surface area contributed by atoms with E-state index in [-0.39, 0.29) is 0 Å². The molecule has 0 aliphatic carbocycles. The molecule has 0 saturated carbocycles. The lowest BCUT2D eigenvalue weighted by molar-refractivity contribution is 0.589. The van der Waals surface area contributed by atoms with Gasteiger partial charge in [-0.25, -0.2) is 4.98 Å². The van der Waals surface area contributed by atoms with Gasteiger partial charge in [0.2, 0.25) is 0 Å². The molecular formula is C20H19N5S. The Labute approximate surface area is 155 Å². The average molecular weight is 361 g/mol. The summed E-state index contributed by atoms with van der Waals surface area (Å²) in [6.45, 7) is 4.21. The Hall–Kier alpha value is -2.70. The van der Waals surface area contributed by atoms with Gasteiger partial charge in [0.15, 0.2) is 5.65 Å². The number of nitrogens with one attached hydrogen (secondary N) is 2. The molecule has 2 N–H and O–H groups in total. The van der Waals surface area contributed by atoms with Gasteiger partial charge in [0.05, 0.1) is 16.3 Å². The summed E-state index contributed by atoms with van der Waals surface area (Å²) in [5, 5.41) is 14.1. The Kier molecular flexibility index (Phi) is 3.92. The summed E-state index contributed by atoms with van der Waals surface area (Å²) in [5.74, 6) is 0. The van der Waals surface area contributed by atoms with Crippen molar-refractivity contribution in [2.45, 2.75) is 0 Å². The van der Waals surface area contributed by atoms with Gasteiger partial charge in [-0.3, -0.25) is 5.10 Å². The summed E-state index contributed by atoms with van der Waals surface area (Å²) in [6.07, 6.45) is 0. The number of hydrogen-bond acceptors (Lipinski definition) is 5. The zero-order valence-electron chi connectivity index (χ0n) is 14.3. The lowest BCUT2D eigenvalue weighted by Gasteiger charge is -2.29. The summed E-state index contributed by atoms with van der Waals surface area (Å²) in [4.78, 5) is 8.29. The number of pyridine rings is 1. The van der Waals surface area contributed by atoms with Crippen molar-refractivity contribution in [2.75, 3.05) is 31.1 Å². The molecule has 4 aromatic rings. The first-order chi connectivity index (χ1) is 12.9. The van der Waals surface area contributed by atoms with Gasteiger partial charge in [0.25, 0.3) is 0 Å². The Morgan fingerprint density at radius 1 is 0.962 bits per heavy atom. The molecule has 5 rings (SSSR count). The van der Waals surface area contributed by atoms with E-state index in [9.17, 15) is 0 Å². The van der Waals surface area contributed by atoms with Crippen LogP contribution in [0.15, 0.2) is 53.9 Å². The van der Waals surface area contributed by atoms with E-state index in [1.54, 1.807) is 11.3 Å². The summed E-state index contributed by atoms with van der Waals surface area (Å²) < 4.78 is 0. The van der Waals surface area contributed by atoms with Crippen LogP contribution in [0.2, 0.25) is 0 Å². The number of benzene rings is 1. The molecule has 0 bridgehead atoms. The van der Waals surface area contributed by atoms with Crippen molar-refractivity contribution in [1.29, 1.82) is 0 Å². The third-order valence-electron chi connectivity index (χ3n) is 4.83. The number of piperazine rings is 1. The Morgan fingerprint density at radius 3 is 2.58 bits per heavy atom. The fraction of sp³-hybridized carbons (Fsp3) is 0.200. The van der Waals surface area contributed by atoms with Crippen LogP contribution in [0.4, 0.5) is 5.69 Å². The number of nitrogens with zero attached hydrogens (tertiary/aromatic N) is 3. The van der Waals surface area contributed by atoms with Gasteiger partial charge in [0.1, 0.15) is 0 Å². The predicted molar refractivity (Wildman–Crippen MR) is 108 cm³/mol. The van der Waals surface area contributed by atoms with E-state index >= 15 is 0 Å². The largest absolute Gasteiger partial charge is 0.369 e. The SMILES string of the molecule is c1csc(-c2ccc3c(-c4ccc(N5CCNCC5)cc4)[nH]nc3n2)c1. The zero-order valence-corrected chi connectivity index (χ0v) is 15.1. The van der Waals surface area contributed by atoms with Gasteiger partial charge in [-0.05, 0) is 35.7 Å². The van der Waals surface area contributed by atoms with Crippen molar-refractivity contribution in [3.8, 4) is 21.8 Å². The third kappa shape index (κ3) is 2.77. The van der Waals surface area contributed by atoms with Crippen molar-refractivity contribution in [1.82, 2.24) is 20.5 Å². The number of hydrogen-bond donors (Lipinski definition) is 2. The highest BCUT2D eigenvalue weighted by molar-refractivity contribution is 7.13. The quantitative estimate of drug-likeness (QED) is 0.583. The Bertz CT molecular complexity index is 1010. The van der Waals surface area contributed by atoms with E-state index in [2.05, 4.69) is 68.3 Å². The molecular weight excluding hydrogens is 342 g/mol. The maximum Gasteiger partial charge on any atom is 0.182 e. The molecule has 0 amide bonds. The monoisotopic (exact) mass is 361 g/mol. The first-order valence-electron chi connectivity index (χ1n) is 8.83. The lowest BCUT2D eigenvalue weighted by Crippen LogP contribution is -2.43. The molecule has 5 nitrogen and oxygen atoms in total. The van der Waals surface area contributed by atoms with Gasteiger partial charge in [-0.15, -0.1) is 11.3 Å². The highest BCUT2D eigenvalue weighted by Gasteiger charge is 2.13. The molecule has 1 aliphatic rings. The summed E-state index contributed by atoms with van der Waals surface area (Å²) in [6, 6.07) is 17.0. The van der Waals surface area contributed by atoms with E-state index in [1.165, 1.54) is 5.69 Å². The minimum absolute atomic E-state index is 0.761. The van der Waals surface area contributed by atoms with E-state index in [0.717, 1.165) is 59.0 Å². The molecule has 130 valence electrons. The molecule has 1 aromatic carbocycles. The number of thiophene rings is 1. The molecule has 1 aliphatic heterocycles. The molecule has 6 heteroatoms. The van der Waals surface area contributed by atoms with E-state index < -0.39 is 0 Å². The molecule has 3 aromatic heterocycles. The zero-order chi connectivity index (χ0) is 17.3. The molecule has 1 saturated heterocycles. The van der Waals surface area contributed by atoms with Crippen LogP contribution in [0.3, 0.4) is 0 Å². The van der Waals surface area contributed by atoms with Crippen LogP contribution in [0, 0.1) is 0 Å². The molecule has 1 fully saturated rings. The predicted octanol–water partition coefficient (Wildman–Crippen LogP) is 3.76. The van der Waals surface area contributed by atoms with E-state index in [0.29, 0.717) is 0 Å². The smallest absolute Gasteiger partial charge is 0.182 e. The average Bonchev–Trinajstić information content (AvgIpc) is 3.38. The van der Waals surface area contributed by atoms with Crippen LogP contribution in [-0.2, 0) is 0 Å². The van der Waals surface area contributed by atoms with Crippen LogP contribution in [-0.4, -0.2) is 41.4 Å². The second-order valence-corrected chi connectivity index (χ2v) is 7.38. The highest BCUT2D eigenvalue weighted by Crippen LogP contribution is 2.30. The maximum absolute atomic E-state index is 4.71. The molecule has 4 heterocycles. The Balaban J connectivity index is 1.47. The van der Waals surface area contributed by atoms with Crippen molar-refractivity contribution in [2.24, 2.45) is 0 Å². The van der Waals surface area contributed by atoms with Crippen molar-refractivity contribution >= 4 is 28.1 Å². The minimum atomic E-state index is 0.761. The third-order valence-corrected chi connectivity index (χ3v) is 5.72. The first kappa shape index (κ1) is 15.5. The van der Waals surface area contributed by atoms with Crippen molar-refractivity contribution < 1.29 is 0 Å². The summed E-state index contributed by atoms with van der Waals surface area (Å²) in [5.41, 5.74) is 5.17. The van der Waals surface area contributed by atoms with Crippen LogP contribution < -0.4 is 10.2 Å². The van der Waals surface area contributed by atoms with Crippen LogP contribution in [0.25, 0.3) is 32.9 Å². The standard InChI is InChI=1S/C20H19N5S/c1-2-18(26-13-1)17-8-7-16-19(23-24-20(16)22-17)14-3-5-15(6-4-14)25-11-9-21-10-12-25/h1-8,13,21H,9-12H2,(H,22,23,24). The van der Waals surface area contributed by atoms with Gasteiger partial charge in [0, 0.05) is 42.8 Å². The maximum atomic E-state index is 4.71. The second kappa shape index (κ2) is 6.55. The molecule has 0 atom stereocenters. The van der Waals surface area contributed by atoms with Crippen LogP contribution in [0.1, 0.15) is 0 Å². The Morgan fingerprint density at radius 2 is 1.81 bits per heavy atom. The number of H-pyrrole nitrogens is 1. The number of anilines is 1. The van der Waals surface area contributed by atoms with Crippen LogP contribution >= 0.6 is 11.3 Å². The number of aromatic nitrogens is 3. The molecule has 26 heavy (non-hydrogen) atoms. The number of aromatic amines is 1. The van der Waals surface area contributed by atoms with Gasteiger partial charge < -0.3 is 10.2 Å². The lowest BCUT2D eigenvalue weighted by atomic mass is 10.1. The first-order valence-corrected chi connectivity index (χ1v) is 9.71. The number of fused-ring (bicyclic) bond motifs is 1. The second-order valence-electron chi connectivity index (χ2n) is 6.43.